The number of Topliss-reactive ketones (excluding diaryl/α,β-unsaturated/α-hetero) is 1. The summed E-state index contributed by atoms with van der Waals surface area (Å²) in [5.74, 6) is 0.444. The minimum atomic E-state index is -0.842. The van der Waals surface area contributed by atoms with Gasteiger partial charge in [-0.3, -0.25) is 14.5 Å². The van der Waals surface area contributed by atoms with Crippen molar-refractivity contribution in [1.82, 2.24) is 14.8 Å². The van der Waals surface area contributed by atoms with Gasteiger partial charge in [-0.2, -0.15) is 0 Å². The van der Waals surface area contributed by atoms with Gasteiger partial charge in [-0.05, 0) is 62.8 Å². The van der Waals surface area contributed by atoms with Gasteiger partial charge in [0.25, 0.3) is 5.91 Å². The zero-order valence-electron chi connectivity index (χ0n) is 19.9. The van der Waals surface area contributed by atoms with Crippen molar-refractivity contribution in [2.75, 3.05) is 13.7 Å². The Labute approximate surface area is 195 Å². The Morgan fingerprint density at radius 2 is 1.91 bits per heavy atom. The van der Waals surface area contributed by atoms with Gasteiger partial charge in [0.1, 0.15) is 11.3 Å². The molecule has 2 atom stereocenters. The quantitative estimate of drug-likeness (QED) is 0.509. The zero-order chi connectivity index (χ0) is 23.8. The van der Waals surface area contributed by atoms with E-state index in [0.717, 1.165) is 54.3 Å². The number of rotatable bonds is 7. The highest BCUT2D eigenvalue weighted by molar-refractivity contribution is 6.11. The summed E-state index contributed by atoms with van der Waals surface area (Å²) in [6, 6.07) is 9.38. The summed E-state index contributed by atoms with van der Waals surface area (Å²) in [6.45, 7) is 6.43. The molecule has 0 bridgehead atoms. The van der Waals surface area contributed by atoms with Crippen molar-refractivity contribution in [3.8, 4) is 5.75 Å². The van der Waals surface area contributed by atoms with Crippen LogP contribution >= 0.6 is 0 Å². The first-order valence-electron chi connectivity index (χ1n) is 11.7. The van der Waals surface area contributed by atoms with E-state index < -0.39 is 11.6 Å². The van der Waals surface area contributed by atoms with Crippen LogP contribution in [0.25, 0.3) is 0 Å². The summed E-state index contributed by atoms with van der Waals surface area (Å²) in [5.41, 5.74) is 2.76. The first kappa shape index (κ1) is 23.1. The summed E-state index contributed by atoms with van der Waals surface area (Å²) in [5, 5.41) is 2.92. The van der Waals surface area contributed by atoms with E-state index in [4.69, 9.17) is 4.74 Å². The average molecular weight is 452 g/mol. The Kier molecular flexibility index (Phi) is 6.32. The summed E-state index contributed by atoms with van der Waals surface area (Å²) < 4.78 is 7.33. The van der Waals surface area contributed by atoms with Gasteiger partial charge in [0.2, 0.25) is 0 Å². The Balaban J connectivity index is 1.46. The molecule has 1 aliphatic heterocycles. The number of hydrogen-bond acceptors (Lipinski definition) is 4. The highest BCUT2D eigenvalue weighted by Crippen LogP contribution is 2.38. The van der Waals surface area contributed by atoms with Crippen LogP contribution in [-0.4, -0.2) is 46.4 Å². The second kappa shape index (κ2) is 9.04. The molecule has 1 N–H and O–H groups in total. The number of ketones is 1. The van der Waals surface area contributed by atoms with Gasteiger partial charge in [0, 0.05) is 23.5 Å². The maximum atomic E-state index is 13.2. The van der Waals surface area contributed by atoms with E-state index in [9.17, 15) is 14.4 Å². The lowest BCUT2D eigenvalue weighted by Gasteiger charge is -2.36. The Morgan fingerprint density at radius 1 is 1.18 bits per heavy atom. The van der Waals surface area contributed by atoms with Crippen LogP contribution in [0.2, 0.25) is 0 Å². The van der Waals surface area contributed by atoms with Crippen LogP contribution < -0.4 is 10.1 Å². The normalized spacial score (nSPS) is 22.7. The lowest BCUT2D eigenvalue weighted by atomic mass is 9.73. The molecule has 4 rings (SSSR count). The third kappa shape index (κ3) is 4.16. The smallest absolute Gasteiger partial charge is 0.325 e. The number of nitrogens with zero attached hydrogens (tertiary/aromatic N) is 2. The van der Waals surface area contributed by atoms with Gasteiger partial charge < -0.3 is 14.6 Å². The number of aromatic nitrogens is 1. The third-order valence-electron chi connectivity index (χ3n) is 7.46. The molecular formula is C26H33N3O4. The lowest BCUT2D eigenvalue weighted by Crippen LogP contribution is -2.54. The first-order chi connectivity index (χ1) is 15.8. The van der Waals surface area contributed by atoms with Gasteiger partial charge in [-0.15, -0.1) is 0 Å². The number of nitrogens with one attached hydrogen (secondary N) is 1. The number of ether oxygens (including phenoxy) is 1. The van der Waals surface area contributed by atoms with E-state index in [1.165, 1.54) is 5.56 Å². The maximum Gasteiger partial charge on any atom is 0.325 e. The predicted octanol–water partition coefficient (Wildman–Crippen LogP) is 4.04. The molecule has 176 valence electrons. The molecule has 1 aromatic heterocycles. The Hall–Kier alpha value is -3.09. The van der Waals surface area contributed by atoms with E-state index in [1.807, 2.05) is 51.1 Å². The number of urea groups is 1. The van der Waals surface area contributed by atoms with E-state index >= 15 is 0 Å². The number of benzene rings is 1. The number of carbonyl (C=O) groups excluding carboxylic acids is 3. The van der Waals surface area contributed by atoms with Gasteiger partial charge in [0.05, 0.1) is 13.7 Å². The van der Waals surface area contributed by atoms with Crippen LogP contribution in [0.5, 0.6) is 5.75 Å². The van der Waals surface area contributed by atoms with Crippen molar-refractivity contribution in [2.45, 2.75) is 65.0 Å². The topological polar surface area (TPSA) is 80.6 Å². The van der Waals surface area contributed by atoms with Gasteiger partial charge >= 0.3 is 6.03 Å². The van der Waals surface area contributed by atoms with Crippen LogP contribution in [0.15, 0.2) is 30.3 Å². The van der Waals surface area contributed by atoms with Crippen molar-refractivity contribution in [3.05, 3.63) is 52.8 Å². The second-order valence-corrected chi connectivity index (χ2v) is 9.40. The monoisotopic (exact) mass is 451 g/mol. The molecule has 7 heteroatoms. The number of methoxy groups -OCH3 is 1. The molecule has 7 nitrogen and oxygen atoms in total. The summed E-state index contributed by atoms with van der Waals surface area (Å²) in [6.07, 6.45) is 4.34. The van der Waals surface area contributed by atoms with Crippen molar-refractivity contribution >= 4 is 17.7 Å². The summed E-state index contributed by atoms with van der Waals surface area (Å²) in [7, 11) is 1.65. The first-order valence-corrected chi connectivity index (χ1v) is 11.7. The molecule has 2 unspecified atom stereocenters. The minimum Gasteiger partial charge on any atom is -0.497 e. The van der Waals surface area contributed by atoms with Crippen molar-refractivity contribution in [3.63, 3.8) is 0 Å². The largest absolute Gasteiger partial charge is 0.497 e. The minimum absolute atomic E-state index is 0.0748. The van der Waals surface area contributed by atoms with Crippen LogP contribution in [0, 0.1) is 19.8 Å². The summed E-state index contributed by atoms with van der Waals surface area (Å²) in [4.78, 5) is 40.2. The van der Waals surface area contributed by atoms with E-state index in [0.29, 0.717) is 12.0 Å². The van der Waals surface area contributed by atoms with Crippen molar-refractivity contribution < 1.29 is 19.1 Å². The fourth-order valence-corrected chi connectivity index (χ4v) is 5.33. The molecule has 3 amide bonds. The van der Waals surface area contributed by atoms with E-state index in [-0.39, 0.29) is 24.2 Å². The van der Waals surface area contributed by atoms with Crippen molar-refractivity contribution in [2.24, 2.45) is 5.92 Å². The molecular weight excluding hydrogens is 418 g/mol. The SMILES string of the molecule is COc1ccc(CCn2c(C)cc(C(=O)CN3C(=O)NC4(CCCCC4C)C3=O)c2C)cc1. The van der Waals surface area contributed by atoms with Crippen molar-refractivity contribution in [1.29, 1.82) is 0 Å². The highest BCUT2D eigenvalue weighted by Gasteiger charge is 2.55. The second-order valence-electron chi connectivity index (χ2n) is 9.40. The third-order valence-corrected chi connectivity index (χ3v) is 7.46. The number of hydrogen-bond donors (Lipinski definition) is 1. The highest BCUT2D eigenvalue weighted by atomic mass is 16.5. The lowest BCUT2D eigenvalue weighted by molar-refractivity contribution is -0.133. The number of imide groups is 1. The van der Waals surface area contributed by atoms with Crippen LogP contribution in [-0.2, 0) is 17.8 Å². The molecule has 33 heavy (non-hydrogen) atoms. The van der Waals surface area contributed by atoms with Gasteiger partial charge in [-0.25, -0.2) is 4.79 Å². The fourth-order valence-electron chi connectivity index (χ4n) is 5.33. The molecule has 2 fully saturated rings. The zero-order valence-corrected chi connectivity index (χ0v) is 19.9. The predicted molar refractivity (Wildman–Crippen MR) is 126 cm³/mol. The maximum absolute atomic E-state index is 13.2. The molecule has 2 aromatic rings. The molecule has 0 radical (unpaired) electrons. The van der Waals surface area contributed by atoms with E-state index in [1.54, 1.807) is 7.11 Å². The molecule has 1 spiro atoms. The number of amides is 3. The number of aryl methyl sites for hydroxylation is 2. The molecule has 1 saturated carbocycles. The van der Waals surface area contributed by atoms with Gasteiger partial charge in [-0.1, -0.05) is 31.9 Å². The standard InChI is InChI=1S/C26H33N3O4/c1-17-7-5-6-13-26(17)24(31)29(25(32)27-26)16-23(30)22-15-18(2)28(19(22)3)14-12-20-8-10-21(33-4)11-9-20/h8-11,15,17H,5-7,12-14,16H2,1-4H3,(H,27,32). The van der Waals surface area contributed by atoms with Crippen LogP contribution in [0.1, 0.15) is 59.9 Å². The fraction of sp³-hybridized carbons (Fsp3) is 0.500. The number of carbonyl (C=O) groups is 3. The average Bonchev–Trinajstić information content (AvgIpc) is 3.22. The molecule has 2 aliphatic rings. The van der Waals surface area contributed by atoms with Crippen LogP contribution in [0.4, 0.5) is 4.79 Å². The van der Waals surface area contributed by atoms with Gasteiger partial charge in [0.15, 0.2) is 5.78 Å². The molecule has 2 heterocycles. The molecule has 1 aromatic carbocycles. The Morgan fingerprint density at radius 3 is 2.58 bits per heavy atom. The molecule has 1 saturated heterocycles. The van der Waals surface area contributed by atoms with E-state index in [2.05, 4.69) is 9.88 Å². The van der Waals surface area contributed by atoms with Crippen LogP contribution in [0.3, 0.4) is 0 Å². The summed E-state index contributed by atoms with van der Waals surface area (Å²) >= 11 is 0. The molecule has 1 aliphatic carbocycles. The Bertz CT molecular complexity index is 1070.